The monoisotopic (exact) mass is 404 g/mol. The Morgan fingerprint density at radius 2 is 1.96 bits per heavy atom. The summed E-state index contributed by atoms with van der Waals surface area (Å²) in [5.41, 5.74) is 8.08. The predicted molar refractivity (Wildman–Crippen MR) is 103 cm³/mol. The third kappa shape index (κ3) is 5.06. The summed E-state index contributed by atoms with van der Waals surface area (Å²) in [5, 5.41) is 2.80. The van der Waals surface area contributed by atoms with Crippen LogP contribution in [-0.4, -0.2) is 18.5 Å². The van der Waals surface area contributed by atoms with Gasteiger partial charge in [-0.15, -0.1) is 0 Å². The number of esters is 1. The van der Waals surface area contributed by atoms with Crippen molar-refractivity contribution in [2.45, 2.75) is 26.2 Å². The molecule has 2 aromatic rings. The first-order valence-corrected chi connectivity index (χ1v) is 8.82. The van der Waals surface area contributed by atoms with Crippen molar-refractivity contribution in [1.82, 2.24) is 0 Å². The minimum absolute atomic E-state index is 0.224. The van der Waals surface area contributed by atoms with E-state index in [0.717, 1.165) is 17.7 Å². The minimum Gasteiger partial charge on any atom is -0.452 e. The van der Waals surface area contributed by atoms with Gasteiger partial charge >= 0.3 is 5.97 Å². The van der Waals surface area contributed by atoms with Crippen LogP contribution in [0, 0.1) is 0 Å². The Morgan fingerprint density at radius 1 is 1.24 bits per heavy atom. The summed E-state index contributed by atoms with van der Waals surface area (Å²) in [5.74, 6) is -0.706. The Balaban J connectivity index is 2.00. The number of carbonyl (C=O) groups is 2. The van der Waals surface area contributed by atoms with Gasteiger partial charge in [0.05, 0.1) is 5.56 Å². The van der Waals surface area contributed by atoms with E-state index in [1.807, 2.05) is 24.3 Å². The first-order valence-electron chi connectivity index (χ1n) is 8.03. The lowest BCUT2D eigenvalue weighted by Crippen LogP contribution is -2.22. The van der Waals surface area contributed by atoms with Gasteiger partial charge in [0.2, 0.25) is 0 Å². The minimum atomic E-state index is -0.635. The standard InChI is InChI=1S/C19H21BrN2O3/c1-3-12(2)14-6-4-5-7-17(14)22-18(23)11-25-19(24)15-10-13(20)8-9-16(15)21/h4-10,12H,3,11,21H2,1-2H3,(H,22,23)/t12-/m0/s1. The van der Waals surface area contributed by atoms with Crippen molar-refractivity contribution >= 4 is 39.2 Å². The summed E-state index contributed by atoms with van der Waals surface area (Å²) < 4.78 is 5.78. The number of rotatable bonds is 6. The van der Waals surface area contributed by atoms with Crippen LogP contribution in [0.1, 0.15) is 42.1 Å². The maximum Gasteiger partial charge on any atom is 0.340 e. The molecule has 1 atom stereocenters. The van der Waals surface area contributed by atoms with Gasteiger partial charge in [-0.3, -0.25) is 4.79 Å². The van der Waals surface area contributed by atoms with Crippen molar-refractivity contribution in [3.05, 3.63) is 58.1 Å². The highest BCUT2D eigenvalue weighted by molar-refractivity contribution is 9.10. The maximum atomic E-state index is 12.1. The number of amides is 1. The van der Waals surface area contributed by atoms with Gasteiger partial charge in [-0.05, 0) is 42.2 Å². The zero-order chi connectivity index (χ0) is 18.4. The van der Waals surface area contributed by atoms with Crippen molar-refractivity contribution in [3.8, 4) is 0 Å². The Bertz CT molecular complexity index is 777. The molecule has 132 valence electrons. The van der Waals surface area contributed by atoms with E-state index in [4.69, 9.17) is 10.5 Å². The Labute approximate surface area is 155 Å². The van der Waals surface area contributed by atoms with Crippen LogP contribution in [-0.2, 0) is 9.53 Å². The van der Waals surface area contributed by atoms with E-state index in [0.29, 0.717) is 16.1 Å². The molecule has 0 heterocycles. The lowest BCUT2D eigenvalue weighted by Gasteiger charge is -2.15. The lowest BCUT2D eigenvalue weighted by molar-refractivity contribution is -0.119. The molecule has 0 saturated carbocycles. The number of benzene rings is 2. The number of ether oxygens (including phenoxy) is 1. The number of para-hydroxylation sites is 1. The molecule has 6 heteroatoms. The molecule has 0 aliphatic heterocycles. The predicted octanol–water partition coefficient (Wildman–Crippen LogP) is 4.34. The molecule has 0 radical (unpaired) electrons. The molecule has 0 fully saturated rings. The van der Waals surface area contributed by atoms with Crippen molar-refractivity contribution in [3.63, 3.8) is 0 Å². The molecule has 0 saturated heterocycles. The zero-order valence-corrected chi connectivity index (χ0v) is 15.8. The topological polar surface area (TPSA) is 81.4 Å². The van der Waals surface area contributed by atoms with Crippen LogP contribution >= 0.6 is 15.9 Å². The van der Waals surface area contributed by atoms with Gasteiger partial charge in [0.1, 0.15) is 0 Å². The van der Waals surface area contributed by atoms with Crippen molar-refractivity contribution in [2.75, 3.05) is 17.7 Å². The molecule has 25 heavy (non-hydrogen) atoms. The van der Waals surface area contributed by atoms with Crippen LogP contribution in [0.3, 0.4) is 0 Å². The fraction of sp³-hybridized carbons (Fsp3) is 0.263. The van der Waals surface area contributed by atoms with E-state index >= 15 is 0 Å². The molecule has 0 spiro atoms. The van der Waals surface area contributed by atoms with Gasteiger partial charge in [0.25, 0.3) is 5.91 Å². The number of hydrogen-bond donors (Lipinski definition) is 2. The van der Waals surface area contributed by atoms with Crippen LogP contribution in [0.2, 0.25) is 0 Å². The van der Waals surface area contributed by atoms with E-state index in [-0.39, 0.29) is 12.2 Å². The van der Waals surface area contributed by atoms with E-state index in [2.05, 4.69) is 35.1 Å². The van der Waals surface area contributed by atoms with Gasteiger partial charge < -0.3 is 15.8 Å². The quantitative estimate of drug-likeness (QED) is 0.553. The molecular weight excluding hydrogens is 384 g/mol. The van der Waals surface area contributed by atoms with Gasteiger partial charge in [-0.2, -0.15) is 0 Å². The largest absolute Gasteiger partial charge is 0.452 e. The second kappa shape index (κ2) is 8.67. The van der Waals surface area contributed by atoms with E-state index in [9.17, 15) is 9.59 Å². The van der Waals surface area contributed by atoms with Crippen molar-refractivity contribution in [2.24, 2.45) is 0 Å². The fourth-order valence-corrected chi connectivity index (χ4v) is 2.72. The second-order valence-electron chi connectivity index (χ2n) is 5.75. The molecule has 0 aliphatic carbocycles. The van der Waals surface area contributed by atoms with Gasteiger partial charge in [0, 0.05) is 15.8 Å². The SMILES string of the molecule is CC[C@H](C)c1ccccc1NC(=O)COC(=O)c1cc(Br)ccc1N. The van der Waals surface area contributed by atoms with Gasteiger partial charge in [-0.1, -0.05) is 48.0 Å². The third-order valence-electron chi connectivity index (χ3n) is 3.95. The van der Waals surface area contributed by atoms with E-state index in [1.54, 1.807) is 18.2 Å². The molecule has 0 aromatic heterocycles. The van der Waals surface area contributed by atoms with E-state index < -0.39 is 11.9 Å². The highest BCUT2D eigenvalue weighted by Gasteiger charge is 2.15. The van der Waals surface area contributed by atoms with Crippen LogP contribution < -0.4 is 11.1 Å². The smallest absolute Gasteiger partial charge is 0.340 e. The Hall–Kier alpha value is -2.34. The first kappa shape index (κ1) is 19.0. The van der Waals surface area contributed by atoms with Gasteiger partial charge in [0.15, 0.2) is 6.61 Å². The maximum absolute atomic E-state index is 12.1. The molecule has 3 N–H and O–H groups in total. The highest BCUT2D eigenvalue weighted by Crippen LogP contribution is 2.26. The van der Waals surface area contributed by atoms with E-state index in [1.165, 1.54) is 0 Å². The second-order valence-corrected chi connectivity index (χ2v) is 6.67. The first-order chi connectivity index (χ1) is 11.9. The number of anilines is 2. The van der Waals surface area contributed by atoms with Crippen LogP contribution in [0.4, 0.5) is 11.4 Å². The summed E-state index contributed by atoms with van der Waals surface area (Å²) >= 11 is 3.27. The molecule has 2 aromatic carbocycles. The molecule has 0 aliphatic rings. The number of nitrogens with two attached hydrogens (primary N) is 1. The average molecular weight is 405 g/mol. The number of hydrogen-bond acceptors (Lipinski definition) is 4. The number of carbonyl (C=O) groups excluding carboxylic acids is 2. The summed E-state index contributed by atoms with van der Waals surface area (Å²) in [4.78, 5) is 24.2. The molecule has 1 amide bonds. The summed E-state index contributed by atoms with van der Waals surface area (Å²) in [7, 11) is 0. The summed E-state index contributed by atoms with van der Waals surface area (Å²) in [6.45, 7) is 3.81. The molecule has 5 nitrogen and oxygen atoms in total. The Morgan fingerprint density at radius 3 is 2.68 bits per heavy atom. The third-order valence-corrected chi connectivity index (χ3v) is 4.44. The van der Waals surface area contributed by atoms with Crippen LogP contribution in [0.5, 0.6) is 0 Å². The fourth-order valence-electron chi connectivity index (χ4n) is 2.36. The van der Waals surface area contributed by atoms with Crippen molar-refractivity contribution in [1.29, 1.82) is 0 Å². The highest BCUT2D eigenvalue weighted by atomic mass is 79.9. The van der Waals surface area contributed by atoms with Crippen molar-refractivity contribution < 1.29 is 14.3 Å². The average Bonchev–Trinajstić information content (AvgIpc) is 2.61. The zero-order valence-electron chi connectivity index (χ0n) is 14.2. The van der Waals surface area contributed by atoms with Crippen LogP contribution in [0.15, 0.2) is 46.9 Å². The number of nitrogen functional groups attached to an aromatic ring is 1. The summed E-state index contributed by atoms with van der Waals surface area (Å²) in [6.07, 6.45) is 0.962. The Kier molecular flexibility index (Phi) is 6.58. The van der Waals surface area contributed by atoms with Crippen LogP contribution in [0.25, 0.3) is 0 Å². The normalized spacial score (nSPS) is 11.6. The number of halogens is 1. The molecule has 0 bridgehead atoms. The number of nitrogens with one attached hydrogen (secondary N) is 1. The molecular formula is C19H21BrN2O3. The summed E-state index contributed by atoms with van der Waals surface area (Å²) in [6, 6.07) is 12.5. The van der Waals surface area contributed by atoms with Gasteiger partial charge in [-0.25, -0.2) is 4.79 Å². The lowest BCUT2D eigenvalue weighted by atomic mass is 9.97. The molecule has 0 unspecified atom stereocenters. The molecule has 2 rings (SSSR count).